The minimum Gasteiger partial charge on any atom is -0.392 e. The van der Waals surface area contributed by atoms with E-state index in [4.69, 9.17) is 4.52 Å². The predicted octanol–water partition coefficient (Wildman–Crippen LogP) is 1.46. The van der Waals surface area contributed by atoms with Crippen molar-refractivity contribution in [3.8, 4) is 0 Å². The van der Waals surface area contributed by atoms with E-state index in [1.54, 1.807) is 13.8 Å². The van der Waals surface area contributed by atoms with Crippen molar-refractivity contribution in [1.29, 1.82) is 0 Å². The number of piperidine rings is 1. The lowest BCUT2D eigenvalue weighted by molar-refractivity contribution is 0.0831. The van der Waals surface area contributed by atoms with Gasteiger partial charge in [0.2, 0.25) is 10.0 Å². The molecule has 0 aliphatic carbocycles. The van der Waals surface area contributed by atoms with Gasteiger partial charge in [0.15, 0.2) is 0 Å². The molecular weight excluding hydrogens is 306 g/mol. The Morgan fingerprint density at radius 1 is 1.45 bits per heavy atom. The van der Waals surface area contributed by atoms with Crippen molar-refractivity contribution in [2.75, 3.05) is 6.54 Å². The van der Waals surface area contributed by atoms with E-state index in [1.165, 1.54) is 16.6 Å². The van der Waals surface area contributed by atoms with E-state index in [2.05, 4.69) is 10.1 Å². The molecular formula is C14H19N3O4S. The maximum atomic E-state index is 12.9. The molecule has 1 N–H and O–H groups in total. The van der Waals surface area contributed by atoms with Gasteiger partial charge in [-0.3, -0.25) is 0 Å². The Hall–Kier alpha value is -1.51. The Morgan fingerprint density at radius 3 is 2.95 bits per heavy atom. The summed E-state index contributed by atoms with van der Waals surface area (Å²) in [6.07, 6.45) is 2.97. The summed E-state index contributed by atoms with van der Waals surface area (Å²) in [5.74, 6) is 0. The van der Waals surface area contributed by atoms with Crippen molar-refractivity contribution < 1.29 is 18.0 Å². The Labute approximate surface area is 129 Å². The Morgan fingerprint density at radius 2 is 2.23 bits per heavy atom. The van der Waals surface area contributed by atoms with Crippen LogP contribution in [0.4, 0.5) is 0 Å². The minimum atomic E-state index is -3.70. The molecule has 2 aromatic rings. The van der Waals surface area contributed by atoms with Gasteiger partial charge in [0, 0.05) is 6.54 Å². The van der Waals surface area contributed by atoms with Crippen LogP contribution in [0, 0.1) is 6.92 Å². The monoisotopic (exact) mass is 325 g/mol. The lowest BCUT2D eigenvalue weighted by Gasteiger charge is -2.36. The molecule has 0 saturated carbocycles. The van der Waals surface area contributed by atoms with Gasteiger partial charge in [0.05, 0.1) is 29.4 Å². The Bertz CT molecular complexity index is 784. The number of aryl methyl sites for hydroxylation is 1. The number of pyridine rings is 1. The molecule has 0 radical (unpaired) electrons. The molecule has 22 heavy (non-hydrogen) atoms. The van der Waals surface area contributed by atoms with Gasteiger partial charge in [-0.2, -0.15) is 4.31 Å². The number of hydrogen-bond acceptors (Lipinski definition) is 6. The van der Waals surface area contributed by atoms with Crippen molar-refractivity contribution in [2.45, 2.75) is 50.2 Å². The van der Waals surface area contributed by atoms with Gasteiger partial charge in [0.1, 0.15) is 4.90 Å². The van der Waals surface area contributed by atoms with Crippen molar-refractivity contribution >= 4 is 21.1 Å². The molecule has 2 atom stereocenters. The van der Waals surface area contributed by atoms with Crippen LogP contribution in [0.2, 0.25) is 0 Å². The summed E-state index contributed by atoms with van der Waals surface area (Å²) in [5, 5.41) is 14.3. The Balaban J connectivity index is 2.04. The average Bonchev–Trinajstić information content (AvgIpc) is 2.88. The number of nitrogens with zero attached hydrogens (tertiary/aromatic N) is 3. The molecule has 2 aromatic heterocycles. The topological polar surface area (TPSA) is 96.5 Å². The largest absolute Gasteiger partial charge is 0.392 e. The molecule has 8 heteroatoms. The number of aliphatic hydroxyl groups excluding tert-OH is 1. The smallest absolute Gasteiger partial charge is 0.257 e. The number of rotatable bonds is 3. The third-order valence-electron chi connectivity index (χ3n) is 4.15. The second-order valence-electron chi connectivity index (χ2n) is 5.71. The SMILES string of the molecule is Cc1noc2ncc(S(=O)(=O)N3CCCC[C@@H]3[C@H](C)O)cc12. The van der Waals surface area contributed by atoms with Crippen LogP contribution in [0.1, 0.15) is 31.9 Å². The molecule has 7 nitrogen and oxygen atoms in total. The number of sulfonamides is 1. The van der Waals surface area contributed by atoms with Crippen LogP contribution in [0.3, 0.4) is 0 Å². The van der Waals surface area contributed by atoms with Gasteiger partial charge in [-0.25, -0.2) is 13.4 Å². The highest BCUT2D eigenvalue weighted by Crippen LogP contribution is 2.28. The van der Waals surface area contributed by atoms with E-state index in [-0.39, 0.29) is 4.90 Å². The fourth-order valence-electron chi connectivity index (χ4n) is 2.91. The first-order valence-electron chi connectivity index (χ1n) is 7.33. The van der Waals surface area contributed by atoms with Crippen molar-refractivity contribution in [3.05, 3.63) is 18.0 Å². The summed E-state index contributed by atoms with van der Waals surface area (Å²) in [4.78, 5) is 4.15. The van der Waals surface area contributed by atoms with Crippen molar-refractivity contribution in [1.82, 2.24) is 14.4 Å². The number of aliphatic hydroxyl groups is 1. The van der Waals surface area contributed by atoms with Gasteiger partial charge >= 0.3 is 0 Å². The zero-order valence-electron chi connectivity index (χ0n) is 12.6. The second-order valence-corrected chi connectivity index (χ2v) is 7.60. The quantitative estimate of drug-likeness (QED) is 0.917. The minimum absolute atomic E-state index is 0.110. The van der Waals surface area contributed by atoms with E-state index in [0.717, 1.165) is 12.8 Å². The van der Waals surface area contributed by atoms with E-state index in [9.17, 15) is 13.5 Å². The van der Waals surface area contributed by atoms with Crippen molar-refractivity contribution in [3.63, 3.8) is 0 Å². The first-order chi connectivity index (χ1) is 10.4. The fraction of sp³-hybridized carbons (Fsp3) is 0.571. The first kappa shape index (κ1) is 15.4. The molecule has 3 heterocycles. The summed E-state index contributed by atoms with van der Waals surface area (Å²) >= 11 is 0. The third kappa shape index (κ3) is 2.51. The standard InChI is InChI=1S/C14H19N3O4S/c1-9-12-7-11(8-15-14(12)21-16-9)22(19,20)17-6-4-3-5-13(17)10(2)18/h7-8,10,13,18H,3-6H2,1-2H3/t10-,13+/m0/s1. The Kier molecular flexibility index (Phi) is 3.92. The molecule has 0 spiro atoms. The highest BCUT2D eigenvalue weighted by atomic mass is 32.2. The van der Waals surface area contributed by atoms with Gasteiger partial charge in [-0.1, -0.05) is 11.6 Å². The van der Waals surface area contributed by atoms with Gasteiger partial charge in [0.25, 0.3) is 5.71 Å². The molecule has 3 rings (SSSR count). The van der Waals surface area contributed by atoms with E-state index in [1.807, 2.05) is 0 Å². The van der Waals surface area contributed by atoms with E-state index >= 15 is 0 Å². The predicted molar refractivity (Wildman–Crippen MR) is 79.8 cm³/mol. The summed E-state index contributed by atoms with van der Waals surface area (Å²) in [7, 11) is -3.70. The average molecular weight is 325 g/mol. The highest BCUT2D eigenvalue weighted by Gasteiger charge is 2.36. The molecule has 120 valence electrons. The van der Waals surface area contributed by atoms with Crippen LogP contribution >= 0.6 is 0 Å². The lowest BCUT2D eigenvalue weighted by atomic mass is 10.0. The second kappa shape index (κ2) is 5.60. The molecule has 0 bridgehead atoms. The number of aromatic nitrogens is 2. The maximum absolute atomic E-state index is 12.9. The van der Waals surface area contributed by atoms with E-state index in [0.29, 0.717) is 29.8 Å². The van der Waals surface area contributed by atoms with Crippen LogP contribution in [0.5, 0.6) is 0 Å². The van der Waals surface area contributed by atoms with Crippen LogP contribution in [0.15, 0.2) is 21.7 Å². The number of fused-ring (bicyclic) bond motifs is 1. The van der Waals surface area contributed by atoms with Gasteiger partial charge in [-0.15, -0.1) is 0 Å². The van der Waals surface area contributed by atoms with Crippen LogP contribution < -0.4 is 0 Å². The molecule has 1 aliphatic heterocycles. The third-order valence-corrected chi connectivity index (χ3v) is 6.04. The van der Waals surface area contributed by atoms with Crippen molar-refractivity contribution in [2.24, 2.45) is 0 Å². The summed E-state index contributed by atoms with van der Waals surface area (Å²) < 4.78 is 32.2. The zero-order valence-corrected chi connectivity index (χ0v) is 13.4. The number of hydrogen-bond donors (Lipinski definition) is 1. The molecule has 0 amide bonds. The highest BCUT2D eigenvalue weighted by molar-refractivity contribution is 7.89. The first-order valence-corrected chi connectivity index (χ1v) is 8.77. The summed E-state index contributed by atoms with van der Waals surface area (Å²) in [6, 6.07) is 1.15. The van der Waals surface area contributed by atoms with Gasteiger partial charge in [-0.05, 0) is 32.8 Å². The summed E-state index contributed by atoms with van der Waals surface area (Å²) in [5.41, 5.74) is 0.924. The molecule has 1 saturated heterocycles. The van der Waals surface area contributed by atoms with Crippen LogP contribution in [0.25, 0.3) is 11.1 Å². The molecule has 1 aliphatic rings. The molecule has 1 fully saturated rings. The molecule has 0 aromatic carbocycles. The zero-order chi connectivity index (χ0) is 15.9. The van der Waals surface area contributed by atoms with Crippen LogP contribution in [-0.4, -0.2) is 46.7 Å². The fourth-order valence-corrected chi connectivity index (χ4v) is 4.64. The lowest BCUT2D eigenvalue weighted by Crippen LogP contribution is -2.48. The normalized spacial score (nSPS) is 22.0. The van der Waals surface area contributed by atoms with Crippen LogP contribution in [-0.2, 0) is 10.0 Å². The molecule has 0 unspecified atom stereocenters. The van der Waals surface area contributed by atoms with Gasteiger partial charge < -0.3 is 9.63 Å². The van der Waals surface area contributed by atoms with E-state index < -0.39 is 22.2 Å². The summed E-state index contributed by atoms with van der Waals surface area (Å²) in [6.45, 7) is 3.78. The maximum Gasteiger partial charge on any atom is 0.257 e.